The lowest BCUT2D eigenvalue weighted by Crippen LogP contribution is -2.29. The molecule has 0 fully saturated rings. The van der Waals surface area contributed by atoms with E-state index in [0.29, 0.717) is 0 Å². The molecule has 0 aliphatic carbocycles. The van der Waals surface area contributed by atoms with Gasteiger partial charge in [0, 0.05) is 19.2 Å². The Bertz CT molecular complexity index is 218. The smallest absolute Gasteiger partial charge is 0.223 e. The van der Waals surface area contributed by atoms with Crippen molar-refractivity contribution in [3.63, 3.8) is 0 Å². The predicted molar refractivity (Wildman–Crippen MR) is 61.0 cm³/mol. The van der Waals surface area contributed by atoms with Crippen LogP contribution in [0, 0.1) is 0 Å². The lowest BCUT2D eigenvalue weighted by Gasteiger charge is -2.25. The van der Waals surface area contributed by atoms with Gasteiger partial charge in [0.15, 0.2) is 0 Å². The Kier molecular flexibility index (Phi) is 6.26. The summed E-state index contributed by atoms with van der Waals surface area (Å²) in [6.45, 7) is 11.0. The van der Waals surface area contributed by atoms with Crippen LogP contribution in [0.4, 0.5) is 0 Å². The molecule has 0 aliphatic heterocycles. The van der Waals surface area contributed by atoms with Crippen molar-refractivity contribution in [1.82, 2.24) is 4.90 Å². The normalized spacial score (nSPS) is 12.4. The molecule has 0 radical (unpaired) electrons. The Morgan fingerprint density at radius 3 is 1.93 bits per heavy atom. The topological polar surface area (TPSA) is 20.3 Å². The van der Waals surface area contributed by atoms with E-state index < -0.39 is 0 Å². The van der Waals surface area contributed by atoms with E-state index in [-0.39, 0.29) is 5.91 Å². The van der Waals surface area contributed by atoms with Crippen LogP contribution < -0.4 is 0 Å². The minimum absolute atomic E-state index is 0.163. The monoisotopic (exact) mass is 197 g/mol. The first kappa shape index (κ1) is 13.2. The Balaban J connectivity index is 4.85. The van der Waals surface area contributed by atoms with Gasteiger partial charge in [0.05, 0.1) is 0 Å². The number of hydrogen-bond acceptors (Lipinski definition) is 1. The fraction of sp³-hybridized carbons (Fsp3) is 0.750. The molecule has 14 heavy (non-hydrogen) atoms. The molecule has 2 heteroatoms. The molecule has 0 heterocycles. The molecule has 0 N–H and O–H groups in total. The number of carbonyl (C=O) groups is 1. The SMILES string of the molecule is CCCN(C(C)=O)C(CC)=C(C)CC. The molecule has 0 bridgehead atoms. The second-order valence-electron chi connectivity index (χ2n) is 3.60. The first-order valence-electron chi connectivity index (χ1n) is 5.55. The van der Waals surface area contributed by atoms with Crippen molar-refractivity contribution < 1.29 is 4.79 Å². The molecule has 0 rings (SSSR count). The maximum atomic E-state index is 11.4. The maximum Gasteiger partial charge on any atom is 0.223 e. The summed E-state index contributed by atoms with van der Waals surface area (Å²) in [7, 11) is 0. The van der Waals surface area contributed by atoms with Crippen LogP contribution >= 0.6 is 0 Å². The highest BCUT2D eigenvalue weighted by atomic mass is 16.2. The molecule has 2 nitrogen and oxygen atoms in total. The number of nitrogens with zero attached hydrogens (tertiary/aromatic N) is 1. The van der Waals surface area contributed by atoms with Gasteiger partial charge in [0.1, 0.15) is 0 Å². The number of allylic oxidation sites excluding steroid dienone is 2. The molecule has 82 valence electrons. The standard InChI is InChI=1S/C12H23NO/c1-6-9-13(11(5)14)12(8-3)10(4)7-2/h6-9H2,1-5H3. The summed E-state index contributed by atoms with van der Waals surface area (Å²) in [6.07, 6.45) is 2.98. The molecule has 0 aromatic carbocycles. The summed E-state index contributed by atoms with van der Waals surface area (Å²) < 4.78 is 0. The highest BCUT2D eigenvalue weighted by Gasteiger charge is 2.13. The van der Waals surface area contributed by atoms with Crippen LogP contribution in [0.1, 0.15) is 53.9 Å². The van der Waals surface area contributed by atoms with Gasteiger partial charge in [-0.1, -0.05) is 26.3 Å². The predicted octanol–water partition coefficient (Wildman–Crippen LogP) is 3.34. The molecule has 0 saturated heterocycles. The Labute approximate surface area is 88.0 Å². The van der Waals surface area contributed by atoms with Gasteiger partial charge in [-0.05, 0) is 26.2 Å². The Hall–Kier alpha value is -0.790. The van der Waals surface area contributed by atoms with E-state index in [0.717, 1.165) is 25.8 Å². The van der Waals surface area contributed by atoms with Crippen LogP contribution in [-0.4, -0.2) is 17.4 Å². The van der Waals surface area contributed by atoms with Gasteiger partial charge in [-0.2, -0.15) is 0 Å². The average molecular weight is 197 g/mol. The van der Waals surface area contributed by atoms with Crippen LogP contribution in [-0.2, 0) is 4.79 Å². The number of rotatable bonds is 5. The zero-order chi connectivity index (χ0) is 11.1. The van der Waals surface area contributed by atoms with Gasteiger partial charge in [-0.25, -0.2) is 0 Å². The van der Waals surface area contributed by atoms with E-state index in [1.54, 1.807) is 6.92 Å². The largest absolute Gasteiger partial charge is 0.317 e. The molecule has 0 aliphatic rings. The third-order valence-electron chi connectivity index (χ3n) is 2.51. The molecule has 0 aromatic heterocycles. The van der Waals surface area contributed by atoms with Gasteiger partial charge in [-0.3, -0.25) is 4.79 Å². The van der Waals surface area contributed by atoms with E-state index in [2.05, 4.69) is 27.7 Å². The molecular weight excluding hydrogens is 174 g/mol. The Morgan fingerprint density at radius 1 is 1.07 bits per heavy atom. The van der Waals surface area contributed by atoms with E-state index in [1.807, 2.05) is 4.90 Å². The van der Waals surface area contributed by atoms with Crippen molar-refractivity contribution in [2.24, 2.45) is 0 Å². The van der Waals surface area contributed by atoms with Gasteiger partial charge in [-0.15, -0.1) is 0 Å². The van der Waals surface area contributed by atoms with Crippen molar-refractivity contribution in [1.29, 1.82) is 0 Å². The van der Waals surface area contributed by atoms with Crippen molar-refractivity contribution in [3.8, 4) is 0 Å². The van der Waals surface area contributed by atoms with Gasteiger partial charge in [0.25, 0.3) is 0 Å². The summed E-state index contributed by atoms with van der Waals surface area (Å²) in [5, 5.41) is 0. The molecule has 0 aromatic rings. The fourth-order valence-electron chi connectivity index (χ4n) is 1.63. The lowest BCUT2D eigenvalue weighted by molar-refractivity contribution is -0.127. The van der Waals surface area contributed by atoms with E-state index >= 15 is 0 Å². The lowest BCUT2D eigenvalue weighted by atomic mass is 10.1. The van der Waals surface area contributed by atoms with Crippen LogP contribution in [0.15, 0.2) is 11.3 Å². The minimum Gasteiger partial charge on any atom is -0.317 e. The first-order valence-corrected chi connectivity index (χ1v) is 5.55. The van der Waals surface area contributed by atoms with Crippen LogP contribution in [0.5, 0.6) is 0 Å². The van der Waals surface area contributed by atoms with Crippen LogP contribution in [0.3, 0.4) is 0 Å². The quantitative estimate of drug-likeness (QED) is 0.662. The molecule has 0 saturated carbocycles. The molecular formula is C12H23NO. The second kappa shape index (κ2) is 6.63. The van der Waals surface area contributed by atoms with Crippen molar-refractivity contribution in [2.75, 3.05) is 6.54 Å². The van der Waals surface area contributed by atoms with Crippen molar-refractivity contribution in [2.45, 2.75) is 53.9 Å². The summed E-state index contributed by atoms with van der Waals surface area (Å²) in [4.78, 5) is 13.4. The summed E-state index contributed by atoms with van der Waals surface area (Å²) in [5.74, 6) is 0.163. The second-order valence-corrected chi connectivity index (χ2v) is 3.60. The number of carbonyl (C=O) groups excluding carboxylic acids is 1. The molecule has 1 amide bonds. The van der Waals surface area contributed by atoms with Crippen LogP contribution in [0.2, 0.25) is 0 Å². The third kappa shape index (κ3) is 3.52. The maximum absolute atomic E-state index is 11.4. The molecule has 0 spiro atoms. The summed E-state index contributed by atoms with van der Waals surface area (Å²) in [5.41, 5.74) is 2.54. The third-order valence-corrected chi connectivity index (χ3v) is 2.51. The average Bonchev–Trinajstić information content (AvgIpc) is 2.16. The number of amides is 1. The zero-order valence-corrected chi connectivity index (χ0v) is 10.2. The zero-order valence-electron chi connectivity index (χ0n) is 10.2. The summed E-state index contributed by atoms with van der Waals surface area (Å²) >= 11 is 0. The van der Waals surface area contributed by atoms with E-state index in [9.17, 15) is 4.79 Å². The summed E-state index contributed by atoms with van der Waals surface area (Å²) in [6, 6.07) is 0. The van der Waals surface area contributed by atoms with Crippen LogP contribution in [0.25, 0.3) is 0 Å². The van der Waals surface area contributed by atoms with Gasteiger partial charge in [0.2, 0.25) is 5.91 Å². The van der Waals surface area contributed by atoms with Gasteiger partial charge >= 0.3 is 0 Å². The molecule has 0 unspecified atom stereocenters. The Morgan fingerprint density at radius 2 is 1.64 bits per heavy atom. The fourth-order valence-corrected chi connectivity index (χ4v) is 1.63. The van der Waals surface area contributed by atoms with Gasteiger partial charge < -0.3 is 4.90 Å². The minimum atomic E-state index is 0.163. The van der Waals surface area contributed by atoms with E-state index in [1.165, 1.54) is 11.3 Å². The number of hydrogen-bond donors (Lipinski definition) is 0. The van der Waals surface area contributed by atoms with Crippen molar-refractivity contribution >= 4 is 5.91 Å². The first-order chi connectivity index (χ1) is 6.58. The molecule has 0 atom stereocenters. The van der Waals surface area contributed by atoms with Crippen molar-refractivity contribution in [3.05, 3.63) is 11.3 Å². The van der Waals surface area contributed by atoms with E-state index in [4.69, 9.17) is 0 Å². The highest BCUT2D eigenvalue weighted by Crippen LogP contribution is 2.17. The highest BCUT2D eigenvalue weighted by molar-refractivity contribution is 5.75.